The van der Waals surface area contributed by atoms with Crippen LogP contribution < -0.4 is 0 Å². The molecule has 0 saturated carbocycles. The molecule has 3 aromatic rings. The molecule has 0 bridgehead atoms. The summed E-state index contributed by atoms with van der Waals surface area (Å²) in [7, 11) is 0. The van der Waals surface area contributed by atoms with Gasteiger partial charge in [-0.05, 0) is 24.3 Å². The van der Waals surface area contributed by atoms with Gasteiger partial charge in [-0.2, -0.15) is 9.61 Å². The smallest absolute Gasteiger partial charge is 0.177 e. The summed E-state index contributed by atoms with van der Waals surface area (Å²) in [6.45, 7) is 3.97. The van der Waals surface area contributed by atoms with Gasteiger partial charge in [0.1, 0.15) is 11.6 Å². The Labute approximate surface area is 131 Å². The van der Waals surface area contributed by atoms with Crippen LogP contribution in [0.3, 0.4) is 0 Å². The van der Waals surface area contributed by atoms with Crippen molar-refractivity contribution >= 4 is 11.4 Å². The number of fused-ring (bicyclic) bond motifs is 1. The molecule has 0 spiro atoms. The normalized spacial score (nSPS) is 11.3. The minimum atomic E-state index is -0.747. The summed E-state index contributed by atoms with van der Waals surface area (Å²) in [6.07, 6.45) is 0.133. The van der Waals surface area contributed by atoms with Crippen LogP contribution in [0.25, 0.3) is 5.65 Å². The molecule has 0 aliphatic heterocycles. The highest BCUT2D eigenvalue weighted by Gasteiger charge is 2.14. The summed E-state index contributed by atoms with van der Waals surface area (Å²) in [5.74, 6) is -0.531. The molecule has 0 saturated heterocycles. The highest BCUT2D eigenvalue weighted by Crippen LogP contribution is 2.15. The number of rotatable bonds is 4. The molecule has 0 aliphatic rings. The first kappa shape index (κ1) is 15.2. The first-order valence-corrected chi connectivity index (χ1v) is 7.20. The Morgan fingerprint density at radius 2 is 1.96 bits per heavy atom. The Hall–Kier alpha value is -2.70. The zero-order chi connectivity index (χ0) is 16.6. The van der Waals surface area contributed by atoms with E-state index in [0.29, 0.717) is 11.3 Å². The van der Waals surface area contributed by atoms with Crippen LogP contribution in [0.15, 0.2) is 30.3 Å². The minimum Gasteiger partial charge on any atom is -0.304 e. The van der Waals surface area contributed by atoms with Gasteiger partial charge in [0.05, 0.1) is 5.69 Å². The summed E-state index contributed by atoms with van der Waals surface area (Å²) < 4.78 is 28.3. The highest BCUT2D eigenvalue weighted by atomic mass is 19.1. The second kappa shape index (κ2) is 5.83. The molecule has 2 aromatic heterocycles. The highest BCUT2D eigenvalue weighted by molar-refractivity contribution is 5.99. The fourth-order valence-corrected chi connectivity index (χ4v) is 2.31. The summed E-state index contributed by atoms with van der Waals surface area (Å²) in [5.41, 5.74) is 1.32. The minimum absolute atomic E-state index is 0.0357. The van der Waals surface area contributed by atoms with Gasteiger partial charge in [0, 0.05) is 29.7 Å². The third-order valence-corrected chi connectivity index (χ3v) is 3.47. The molecule has 23 heavy (non-hydrogen) atoms. The van der Waals surface area contributed by atoms with E-state index in [1.54, 1.807) is 16.6 Å². The Morgan fingerprint density at radius 1 is 1.17 bits per heavy atom. The molecule has 5 nitrogen and oxygen atoms in total. The number of hydrogen-bond donors (Lipinski definition) is 1. The van der Waals surface area contributed by atoms with Gasteiger partial charge in [-0.1, -0.05) is 13.8 Å². The lowest BCUT2D eigenvalue weighted by Crippen LogP contribution is -2.10. The van der Waals surface area contributed by atoms with Crippen molar-refractivity contribution in [1.82, 2.24) is 19.8 Å². The molecule has 0 aliphatic carbocycles. The van der Waals surface area contributed by atoms with Crippen LogP contribution in [-0.4, -0.2) is 25.5 Å². The maximum atomic E-state index is 13.8. The van der Waals surface area contributed by atoms with Crippen molar-refractivity contribution < 1.29 is 8.78 Å². The van der Waals surface area contributed by atoms with Gasteiger partial charge >= 0.3 is 0 Å². The molecule has 3 rings (SSSR count). The molecule has 0 amide bonds. The second-order valence-corrected chi connectivity index (χ2v) is 5.59. The van der Waals surface area contributed by atoms with Crippen LogP contribution in [0.2, 0.25) is 0 Å². The van der Waals surface area contributed by atoms with Crippen molar-refractivity contribution in [3.8, 4) is 0 Å². The van der Waals surface area contributed by atoms with E-state index < -0.39 is 11.6 Å². The second-order valence-electron chi connectivity index (χ2n) is 5.59. The van der Waals surface area contributed by atoms with E-state index >= 15 is 0 Å². The number of hydrogen-bond acceptors (Lipinski definition) is 4. The molecule has 0 atom stereocenters. The van der Waals surface area contributed by atoms with Crippen molar-refractivity contribution in [2.24, 2.45) is 0 Å². The maximum absolute atomic E-state index is 13.8. The Kier molecular flexibility index (Phi) is 3.85. The maximum Gasteiger partial charge on any atom is 0.177 e. The van der Waals surface area contributed by atoms with Gasteiger partial charge in [0.25, 0.3) is 0 Å². The van der Waals surface area contributed by atoms with E-state index in [1.165, 1.54) is 6.07 Å². The largest absolute Gasteiger partial charge is 0.304 e. The molecular formula is C16H15F2N5. The summed E-state index contributed by atoms with van der Waals surface area (Å²) in [4.78, 5) is 0. The number of nitrogens with one attached hydrogen (secondary N) is 1. The lowest BCUT2D eigenvalue weighted by molar-refractivity contribution is 0.581. The van der Waals surface area contributed by atoms with Crippen molar-refractivity contribution in [1.29, 1.82) is 5.41 Å². The lowest BCUT2D eigenvalue weighted by atomic mass is 10.0. The molecular weight excluding hydrogens is 300 g/mol. The SMILES string of the molecule is CC(C)c1nnc2ccc(CC(=N)c3ccc(F)cc3F)nn12. The van der Waals surface area contributed by atoms with Crippen molar-refractivity contribution in [2.45, 2.75) is 26.2 Å². The van der Waals surface area contributed by atoms with Gasteiger partial charge in [-0.3, -0.25) is 0 Å². The number of halogens is 2. The van der Waals surface area contributed by atoms with Crippen molar-refractivity contribution in [2.75, 3.05) is 0 Å². The zero-order valence-corrected chi connectivity index (χ0v) is 12.7. The molecule has 118 valence electrons. The van der Waals surface area contributed by atoms with Crippen LogP contribution in [0.1, 0.15) is 36.8 Å². The van der Waals surface area contributed by atoms with Crippen molar-refractivity contribution in [3.05, 3.63) is 59.0 Å². The van der Waals surface area contributed by atoms with Gasteiger partial charge in [-0.15, -0.1) is 10.2 Å². The van der Waals surface area contributed by atoms with E-state index in [1.807, 2.05) is 13.8 Å². The van der Waals surface area contributed by atoms with E-state index in [4.69, 9.17) is 5.41 Å². The predicted molar refractivity (Wildman–Crippen MR) is 81.8 cm³/mol. The first-order valence-electron chi connectivity index (χ1n) is 7.20. The van der Waals surface area contributed by atoms with Gasteiger partial charge in [0.2, 0.25) is 0 Å². The quantitative estimate of drug-likeness (QED) is 0.752. The predicted octanol–water partition coefficient (Wildman–Crippen LogP) is 3.14. The van der Waals surface area contributed by atoms with Crippen LogP contribution in [0.4, 0.5) is 8.78 Å². The average molecular weight is 315 g/mol. The average Bonchev–Trinajstić information content (AvgIpc) is 2.90. The monoisotopic (exact) mass is 315 g/mol. The number of aromatic nitrogens is 4. The fourth-order valence-electron chi connectivity index (χ4n) is 2.31. The molecule has 0 fully saturated rings. The van der Waals surface area contributed by atoms with Crippen LogP contribution in [0, 0.1) is 17.0 Å². The molecule has 0 unspecified atom stereocenters. The van der Waals surface area contributed by atoms with Crippen LogP contribution in [-0.2, 0) is 6.42 Å². The fraction of sp³-hybridized carbons (Fsp3) is 0.250. The van der Waals surface area contributed by atoms with Crippen LogP contribution in [0.5, 0.6) is 0 Å². The van der Waals surface area contributed by atoms with Gasteiger partial charge in [-0.25, -0.2) is 8.78 Å². The summed E-state index contributed by atoms with van der Waals surface area (Å²) >= 11 is 0. The Bertz CT molecular complexity index is 885. The third kappa shape index (κ3) is 2.94. The van der Waals surface area contributed by atoms with Crippen molar-refractivity contribution in [3.63, 3.8) is 0 Å². The Morgan fingerprint density at radius 3 is 2.65 bits per heavy atom. The number of benzene rings is 1. The Balaban J connectivity index is 1.91. The van der Waals surface area contributed by atoms with Gasteiger partial charge < -0.3 is 5.41 Å². The van der Waals surface area contributed by atoms with Gasteiger partial charge in [0.15, 0.2) is 11.5 Å². The lowest BCUT2D eigenvalue weighted by Gasteiger charge is -2.07. The number of nitrogens with zero attached hydrogens (tertiary/aromatic N) is 4. The first-order chi connectivity index (χ1) is 11.0. The summed E-state index contributed by atoms with van der Waals surface area (Å²) in [5, 5.41) is 20.6. The molecule has 1 N–H and O–H groups in total. The molecule has 7 heteroatoms. The van der Waals surface area contributed by atoms with E-state index in [2.05, 4.69) is 15.3 Å². The third-order valence-electron chi connectivity index (χ3n) is 3.47. The van der Waals surface area contributed by atoms with E-state index in [-0.39, 0.29) is 23.6 Å². The topological polar surface area (TPSA) is 66.9 Å². The molecule has 2 heterocycles. The molecule has 1 aromatic carbocycles. The zero-order valence-electron chi connectivity index (χ0n) is 12.7. The van der Waals surface area contributed by atoms with E-state index in [0.717, 1.165) is 18.0 Å². The summed E-state index contributed by atoms with van der Waals surface area (Å²) in [6, 6.07) is 6.67. The molecule has 0 radical (unpaired) electrons. The standard InChI is InChI=1S/C16H15F2N5/c1-9(2)16-21-20-15-6-4-11(22-23(15)16)8-14(19)12-5-3-10(17)7-13(12)18/h3-7,9,19H,8H2,1-2H3. The van der Waals surface area contributed by atoms with E-state index in [9.17, 15) is 8.78 Å². The van der Waals surface area contributed by atoms with Crippen LogP contribution >= 0.6 is 0 Å².